The van der Waals surface area contributed by atoms with E-state index < -0.39 is 21.9 Å². The standard InChI is InChI=1S/C19H22N2O6S/c1-5-27-19(23)13-7-6-12(2)16(10-13)21-28(24,25)14-8-9-17(26-4)15(11-14)18(22)20-3/h6-11,21H,5H2,1-4H3,(H,20,22). The molecule has 0 heterocycles. The summed E-state index contributed by atoms with van der Waals surface area (Å²) >= 11 is 0. The van der Waals surface area contributed by atoms with Crippen molar-refractivity contribution in [1.82, 2.24) is 5.32 Å². The minimum atomic E-state index is -4.02. The topological polar surface area (TPSA) is 111 Å². The zero-order chi connectivity index (χ0) is 20.9. The van der Waals surface area contributed by atoms with E-state index in [1.54, 1.807) is 26.0 Å². The third kappa shape index (κ3) is 4.61. The summed E-state index contributed by atoms with van der Waals surface area (Å²) in [5, 5.41) is 2.44. The van der Waals surface area contributed by atoms with Crippen molar-refractivity contribution in [1.29, 1.82) is 0 Å². The minimum Gasteiger partial charge on any atom is -0.496 e. The number of hydrogen-bond donors (Lipinski definition) is 2. The maximum absolute atomic E-state index is 12.8. The molecule has 1 amide bonds. The van der Waals surface area contributed by atoms with Gasteiger partial charge in [0.25, 0.3) is 15.9 Å². The number of amides is 1. The van der Waals surface area contributed by atoms with Crippen molar-refractivity contribution in [3.8, 4) is 5.75 Å². The Bertz CT molecular complexity index is 1000. The highest BCUT2D eigenvalue weighted by Crippen LogP contribution is 2.26. The third-order valence-electron chi connectivity index (χ3n) is 3.95. The van der Waals surface area contributed by atoms with Gasteiger partial charge in [0.1, 0.15) is 5.75 Å². The number of hydrogen-bond acceptors (Lipinski definition) is 6. The van der Waals surface area contributed by atoms with Crippen molar-refractivity contribution < 1.29 is 27.5 Å². The number of ether oxygens (including phenoxy) is 2. The Morgan fingerprint density at radius 3 is 2.43 bits per heavy atom. The van der Waals surface area contributed by atoms with Gasteiger partial charge >= 0.3 is 5.97 Å². The maximum Gasteiger partial charge on any atom is 0.338 e. The van der Waals surface area contributed by atoms with Crippen molar-refractivity contribution in [2.75, 3.05) is 25.5 Å². The summed E-state index contributed by atoms with van der Waals surface area (Å²) in [6.07, 6.45) is 0. The van der Waals surface area contributed by atoms with Gasteiger partial charge in [0.15, 0.2) is 0 Å². The van der Waals surface area contributed by atoms with Crippen LogP contribution < -0.4 is 14.8 Å². The largest absolute Gasteiger partial charge is 0.496 e. The molecule has 8 nitrogen and oxygen atoms in total. The zero-order valence-corrected chi connectivity index (χ0v) is 16.8. The molecule has 0 aliphatic rings. The van der Waals surface area contributed by atoms with Crippen molar-refractivity contribution in [3.63, 3.8) is 0 Å². The van der Waals surface area contributed by atoms with Crippen LogP contribution in [0.25, 0.3) is 0 Å². The molecule has 2 rings (SSSR count). The molecule has 0 bridgehead atoms. The van der Waals surface area contributed by atoms with E-state index in [2.05, 4.69) is 10.0 Å². The SMILES string of the molecule is CCOC(=O)c1ccc(C)c(NS(=O)(=O)c2ccc(OC)c(C(=O)NC)c2)c1. The lowest BCUT2D eigenvalue weighted by molar-refractivity contribution is 0.0526. The Balaban J connectivity index is 2.43. The number of esters is 1. The summed E-state index contributed by atoms with van der Waals surface area (Å²) in [5.41, 5.74) is 1.18. The van der Waals surface area contributed by atoms with Gasteiger partial charge < -0.3 is 14.8 Å². The lowest BCUT2D eigenvalue weighted by atomic mass is 10.1. The first-order valence-electron chi connectivity index (χ1n) is 8.44. The summed E-state index contributed by atoms with van der Waals surface area (Å²) in [7, 11) is -1.19. The number of rotatable bonds is 7. The number of aryl methyl sites for hydroxylation is 1. The van der Waals surface area contributed by atoms with Crippen LogP contribution in [-0.2, 0) is 14.8 Å². The highest BCUT2D eigenvalue weighted by molar-refractivity contribution is 7.92. The van der Waals surface area contributed by atoms with E-state index in [1.165, 1.54) is 38.4 Å². The number of benzene rings is 2. The molecule has 0 unspecified atom stereocenters. The van der Waals surface area contributed by atoms with Crippen LogP contribution in [0.15, 0.2) is 41.3 Å². The second kappa shape index (κ2) is 8.75. The van der Waals surface area contributed by atoms with Gasteiger partial charge in [0, 0.05) is 7.05 Å². The molecule has 0 aliphatic carbocycles. The average Bonchev–Trinajstić information content (AvgIpc) is 2.68. The molecule has 0 spiro atoms. The molecular weight excluding hydrogens is 384 g/mol. The van der Waals surface area contributed by atoms with Crippen molar-refractivity contribution >= 4 is 27.6 Å². The molecule has 0 saturated heterocycles. The molecule has 0 saturated carbocycles. The van der Waals surface area contributed by atoms with Crippen LogP contribution in [0, 0.1) is 6.92 Å². The van der Waals surface area contributed by atoms with Crippen LogP contribution >= 0.6 is 0 Å². The summed E-state index contributed by atoms with van der Waals surface area (Å²) < 4.78 is 38.2. The number of carbonyl (C=O) groups is 2. The first-order valence-corrected chi connectivity index (χ1v) is 9.92. The van der Waals surface area contributed by atoms with Gasteiger partial charge in [-0.1, -0.05) is 6.07 Å². The Morgan fingerprint density at radius 1 is 1.11 bits per heavy atom. The lowest BCUT2D eigenvalue weighted by Gasteiger charge is -2.14. The third-order valence-corrected chi connectivity index (χ3v) is 5.31. The van der Waals surface area contributed by atoms with Gasteiger partial charge in [-0.2, -0.15) is 0 Å². The molecule has 0 aliphatic heterocycles. The monoisotopic (exact) mass is 406 g/mol. The highest BCUT2D eigenvalue weighted by Gasteiger charge is 2.21. The second-order valence-electron chi connectivity index (χ2n) is 5.80. The van der Waals surface area contributed by atoms with Gasteiger partial charge in [-0.05, 0) is 49.7 Å². The molecule has 0 aromatic heterocycles. The number of sulfonamides is 1. The van der Waals surface area contributed by atoms with E-state index in [9.17, 15) is 18.0 Å². The first kappa shape index (κ1) is 21.2. The fourth-order valence-corrected chi connectivity index (χ4v) is 3.59. The average molecular weight is 406 g/mol. The molecule has 9 heteroatoms. The van der Waals surface area contributed by atoms with Crippen molar-refractivity contribution in [2.45, 2.75) is 18.7 Å². The van der Waals surface area contributed by atoms with Crippen LogP contribution in [0.3, 0.4) is 0 Å². The van der Waals surface area contributed by atoms with E-state index >= 15 is 0 Å². The number of methoxy groups -OCH3 is 1. The van der Waals surface area contributed by atoms with E-state index in [-0.39, 0.29) is 34.1 Å². The second-order valence-corrected chi connectivity index (χ2v) is 7.48. The summed E-state index contributed by atoms with van der Waals surface area (Å²) in [6, 6.07) is 8.55. The maximum atomic E-state index is 12.8. The van der Waals surface area contributed by atoms with Gasteiger partial charge in [0.05, 0.1) is 35.4 Å². The van der Waals surface area contributed by atoms with E-state index in [4.69, 9.17) is 9.47 Å². The van der Waals surface area contributed by atoms with E-state index in [1.807, 2.05) is 0 Å². The number of carbonyl (C=O) groups excluding carboxylic acids is 2. The lowest BCUT2D eigenvalue weighted by Crippen LogP contribution is -2.20. The molecule has 28 heavy (non-hydrogen) atoms. The van der Waals surface area contributed by atoms with E-state index in [0.717, 1.165) is 0 Å². The normalized spacial score (nSPS) is 10.9. The quantitative estimate of drug-likeness (QED) is 0.683. The molecular formula is C19H22N2O6S. The molecule has 2 N–H and O–H groups in total. The Kier molecular flexibility index (Phi) is 6.63. The van der Waals surface area contributed by atoms with E-state index in [0.29, 0.717) is 5.56 Å². The van der Waals surface area contributed by atoms with Crippen LogP contribution in [0.2, 0.25) is 0 Å². The van der Waals surface area contributed by atoms with Crippen LogP contribution in [-0.4, -0.2) is 41.1 Å². The van der Waals surface area contributed by atoms with Crippen molar-refractivity contribution in [3.05, 3.63) is 53.1 Å². The number of anilines is 1. The van der Waals surface area contributed by atoms with Crippen LogP contribution in [0.5, 0.6) is 5.75 Å². The van der Waals surface area contributed by atoms with Crippen LogP contribution in [0.1, 0.15) is 33.2 Å². The van der Waals surface area contributed by atoms with Crippen molar-refractivity contribution in [2.24, 2.45) is 0 Å². The Hall–Kier alpha value is -3.07. The smallest absolute Gasteiger partial charge is 0.338 e. The van der Waals surface area contributed by atoms with Gasteiger partial charge in [0.2, 0.25) is 0 Å². The summed E-state index contributed by atoms with van der Waals surface area (Å²) in [4.78, 5) is 23.8. The van der Waals surface area contributed by atoms with Gasteiger partial charge in [-0.25, -0.2) is 13.2 Å². The molecule has 2 aromatic rings. The molecule has 150 valence electrons. The minimum absolute atomic E-state index is 0.0878. The summed E-state index contributed by atoms with van der Waals surface area (Å²) in [6.45, 7) is 3.60. The summed E-state index contributed by atoms with van der Waals surface area (Å²) in [5.74, 6) is -0.775. The first-order chi connectivity index (χ1) is 13.2. The van der Waals surface area contributed by atoms with Gasteiger partial charge in [-0.15, -0.1) is 0 Å². The molecule has 0 atom stereocenters. The van der Waals surface area contributed by atoms with Gasteiger partial charge in [-0.3, -0.25) is 9.52 Å². The predicted molar refractivity (Wildman–Crippen MR) is 104 cm³/mol. The fourth-order valence-electron chi connectivity index (χ4n) is 2.44. The highest BCUT2D eigenvalue weighted by atomic mass is 32.2. The Morgan fingerprint density at radius 2 is 1.82 bits per heavy atom. The zero-order valence-electron chi connectivity index (χ0n) is 16.0. The fraction of sp³-hybridized carbons (Fsp3) is 0.263. The number of nitrogens with one attached hydrogen (secondary N) is 2. The van der Waals surface area contributed by atoms with Crippen LogP contribution in [0.4, 0.5) is 5.69 Å². The molecule has 0 radical (unpaired) electrons. The molecule has 2 aromatic carbocycles. The molecule has 0 fully saturated rings. The predicted octanol–water partition coefficient (Wildman–Crippen LogP) is 2.34. The Labute approximate surface area is 163 Å².